The molecule has 2 saturated heterocycles. The summed E-state index contributed by atoms with van der Waals surface area (Å²) in [6.07, 6.45) is 7.15. The molecule has 0 aromatic carbocycles. The molecule has 3 rings (SSSR count). The van der Waals surface area contributed by atoms with Gasteiger partial charge in [-0.3, -0.25) is 0 Å². The standard InChI is InChI=1S/C10H16N4S/c1-2-9-6-8(3-5-14(9)4-1)12-10-7-11-13-15-10/h7-9,12H,1-6H2. The second kappa shape index (κ2) is 4.06. The minimum atomic E-state index is 0.631. The van der Waals surface area contributed by atoms with Crippen LogP contribution in [0.15, 0.2) is 6.20 Å². The fourth-order valence-electron chi connectivity index (χ4n) is 2.79. The molecule has 1 N–H and O–H groups in total. The van der Waals surface area contributed by atoms with Crippen LogP contribution in [0, 0.1) is 0 Å². The number of anilines is 1. The second-order valence-electron chi connectivity index (χ2n) is 4.48. The smallest absolute Gasteiger partial charge is 0.130 e. The SMILES string of the molecule is c1nnsc1NC1CCN2CCCC2C1. The van der Waals surface area contributed by atoms with Gasteiger partial charge in [0, 0.05) is 30.2 Å². The molecule has 2 atom stereocenters. The van der Waals surface area contributed by atoms with Crippen LogP contribution >= 0.6 is 11.5 Å². The first-order valence-electron chi connectivity index (χ1n) is 5.70. The van der Waals surface area contributed by atoms with Gasteiger partial charge >= 0.3 is 0 Å². The van der Waals surface area contributed by atoms with Crippen LogP contribution in [0.1, 0.15) is 25.7 Å². The molecule has 2 aliphatic rings. The van der Waals surface area contributed by atoms with E-state index in [0.29, 0.717) is 6.04 Å². The van der Waals surface area contributed by atoms with Crippen molar-refractivity contribution in [3.8, 4) is 0 Å². The van der Waals surface area contributed by atoms with Crippen molar-refractivity contribution in [2.75, 3.05) is 18.4 Å². The zero-order valence-corrected chi connectivity index (χ0v) is 9.54. The Morgan fingerprint density at radius 2 is 2.40 bits per heavy atom. The van der Waals surface area contributed by atoms with E-state index < -0.39 is 0 Å². The average molecular weight is 224 g/mol. The zero-order valence-electron chi connectivity index (χ0n) is 8.72. The molecule has 0 radical (unpaired) electrons. The first-order valence-corrected chi connectivity index (χ1v) is 6.47. The van der Waals surface area contributed by atoms with Gasteiger partial charge in [-0.25, -0.2) is 0 Å². The molecule has 0 aliphatic carbocycles. The van der Waals surface area contributed by atoms with Gasteiger partial charge in [0.1, 0.15) is 5.00 Å². The average Bonchev–Trinajstić information content (AvgIpc) is 2.87. The first-order chi connectivity index (χ1) is 7.42. The van der Waals surface area contributed by atoms with Gasteiger partial charge in [0.05, 0.1) is 6.20 Å². The van der Waals surface area contributed by atoms with E-state index in [1.165, 1.54) is 50.3 Å². The van der Waals surface area contributed by atoms with Gasteiger partial charge < -0.3 is 10.2 Å². The Morgan fingerprint density at radius 3 is 3.27 bits per heavy atom. The molecule has 0 bridgehead atoms. The van der Waals surface area contributed by atoms with Gasteiger partial charge in [-0.1, -0.05) is 4.49 Å². The Labute approximate surface area is 93.8 Å². The van der Waals surface area contributed by atoms with E-state index in [1.807, 2.05) is 6.20 Å². The number of rotatable bonds is 2. The lowest BCUT2D eigenvalue weighted by Gasteiger charge is -2.35. The Morgan fingerprint density at radius 1 is 1.40 bits per heavy atom. The molecule has 15 heavy (non-hydrogen) atoms. The van der Waals surface area contributed by atoms with Gasteiger partial charge in [-0.2, -0.15) is 0 Å². The van der Waals surface area contributed by atoms with E-state index in [0.717, 1.165) is 11.0 Å². The van der Waals surface area contributed by atoms with Crippen LogP contribution in [0.2, 0.25) is 0 Å². The summed E-state index contributed by atoms with van der Waals surface area (Å²) in [5.41, 5.74) is 0. The summed E-state index contributed by atoms with van der Waals surface area (Å²) in [6.45, 7) is 2.58. The molecule has 82 valence electrons. The minimum absolute atomic E-state index is 0.631. The van der Waals surface area contributed by atoms with E-state index in [2.05, 4.69) is 19.8 Å². The highest BCUT2D eigenvalue weighted by Gasteiger charge is 2.31. The predicted molar refractivity (Wildman–Crippen MR) is 61.1 cm³/mol. The van der Waals surface area contributed by atoms with Crippen LogP contribution in [-0.4, -0.2) is 39.7 Å². The van der Waals surface area contributed by atoms with Gasteiger partial charge in [0.15, 0.2) is 0 Å². The number of nitrogens with zero attached hydrogens (tertiary/aromatic N) is 3. The van der Waals surface area contributed by atoms with E-state index in [9.17, 15) is 0 Å². The quantitative estimate of drug-likeness (QED) is 0.828. The number of aromatic nitrogens is 2. The summed E-state index contributed by atoms with van der Waals surface area (Å²) >= 11 is 1.46. The van der Waals surface area contributed by atoms with E-state index in [1.54, 1.807) is 0 Å². The van der Waals surface area contributed by atoms with Crippen molar-refractivity contribution in [1.29, 1.82) is 0 Å². The fraction of sp³-hybridized carbons (Fsp3) is 0.800. The van der Waals surface area contributed by atoms with E-state index in [-0.39, 0.29) is 0 Å². The molecule has 2 fully saturated rings. The maximum atomic E-state index is 3.87. The first kappa shape index (κ1) is 9.54. The Balaban J connectivity index is 1.59. The summed E-state index contributed by atoms with van der Waals surface area (Å²) in [5, 5.41) is 8.51. The minimum Gasteiger partial charge on any atom is -0.371 e. The third-order valence-corrected chi connectivity index (χ3v) is 4.12. The van der Waals surface area contributed by atoms with Crippen molar-refractivity contribution in [3.05, 3.63) is 6.20 Å². The summed E-state index contributed by atoms with van der Waals surface area (Å²) < 4.78 is 3.87. The number of nitrogens with one attached hydrogen (secondary N) is 1. The van der Waals surface area contributed by atoms with Gasteiger partial charge in [0.2, 0.25) is 0 Å². The molecular formula is C10H16N4S. The highest BCUT2D eigenvalue weighted by atomic mass is 32.1. The number of hydrogen-bond donors (Lipinski definition) is 1. The molecule has 2 aliphatic heterocycles. The third-order valence-electron chi connectivity index (χ3n) is 3.53. The zero-order chi connectivity index (χ0) is 10.1. The Hall–Kier alpha value is -0.680. The maximum Gasteiger partial charge on any atom is 0.130 e. The third kappa shape index (κ3) is 1.99. The fourth-order valence-corrected chi connectivity index (χ4v) is 3.28. The monoisotopic (exact) mass is 224 g/mol. The van der Waals surface area contributed by atoms with Crippen LogP contribution in [0.3, 0.4) is 0 Å². The molecule has 2 unspecified atom stereocenters. The van der Waals surface area contributed by atoms with Crippen molar-refractivity contribution >= 4 is 16.5 Å². The molecule has 0 saturated carbocycles. The summed E-state index contributed by atoms with van der Waals surface area (Å²) in [6, 6.07) is 1.46. The lowest BCUT2D eigenvalue weighted by atomic mass is 9.98. The maximum absolute atomic E-state index is 3.87. The topological polar surface area (TPSA) is 41.1 Å². The van der Waals surface area contributed by atoms with Gasteiger partial charge in [0.25, 0.3) is 0 Å². The van der Waals surface area contributed by atoms with Crippen molar-refractivity contribution in [1.82, 2.24) is 14.5 Å². The van der Waals surface area contributed by atoms with Crippen molar-refractivity contribution in [2.24, 2.45) is 0 Å². The van der Waals surface area contributed by atoms with Gasteiger partial charge in [-0.05, 0) is 32.2 Å². The Bertz CT molecular complexity index is 313. The lowest BCUT2D eigenvalue weighted by Crippen LogP contribution is -2.42. The van der Waals surface area contributed by atoms with Crippen LogP contribution in [0.25, 0.3) is 0 Å². The predicted octanol–water partition coefficient (Wildman–Crippen LogP) is 1.58. The molecule has 5 heteroatoms. The van der Waals surface area contributed by atoms with Crippen molar-refractivity contribution in [2.45, 2.75) is 37.8 Å². The second-order valence-corrected chi connectivity index (χ2v) is 5.27. The highest BCUT2D eigenvalue weighted by Crippen LogP contribution is 2.28. The highest BCUT2D eigenvalue weighted by molar-refractivity contribution is 7.09. The molecule has 0 spiro atoms. The molecule has 1 aromatic heterocycles. The molecule has 3 heterocycles. The van der Waals surface area contributed by atoms with Gasteiger partial charge in [-0.15, -0.1) is 5.10 Å². The van der Waals surface area contributed by atoms with Crippen molar-refractivity contribution < 1.29 is 0 Å². The van der Waals surface area contributed by atoms with E-state index >= 15 is 0 Å². The number of piperidine rings is 1. The molecular weight excluding hydrogens is 208 g/mol. The Kier molecular flexibility index (Phi) is 2.58. The number of fused-ring (bicyclic) bond motifs is 1. The molecule has 4 nitrogen and oxygen atoms in total. The van der Waals surface area contributed by atoms with Crippen LogP contribution < -0.4 is 5.32 Å². The van der Waals surface area contributed by atoms with Crippen LogP contribution in [0.4, 0.5) is 5.00 Å². The largest absolute Gasteiger partial charge is 0.371 e. The van der Waals surface area contributed by atoms with Crippen LogP contribution in [-0.2, 0) is 0 Å². The summed E-state index contributed by atoms with van der Waals surface area (Å²) in [5.74, 6) is 0. The normalized spacial score (nSPS) is 31.5. The van der Waals surface area contributed by atoms with Crippen molar-refractivity contribution in [3.63, 3.8) is 0 Å². The van der Waals surface area contributed by atoms with E-state index in [4.69, 9.17) is 0 Å². The molecule has 1 aromatic rings. The lowest BCUT2D eigenvalue weighted by molar-refractivity contribution is 0.188. The molecule has 0 amide bonds. The number of hydrogen-bond acceptors (Lipinski definition) is 5. The summed E-state index contributed by atoms with van der Waals surface area (Å²) in [7, 11) is 0. The van der Waals surface area contributed by atoms with Crippen LogP contribution in [0.5, 0.6) is 0 Å². The summed E-state index contributed by atoms with van der Waals surface area (Å²) in [4.78, 5) is 2.64.